The number of hydroxylamine groups is 1. The van der Waals surface area contributed by atoms with Crippen LogP contribution in [-0.2, 0) is 13.8 Å². The van der Waals surface area contributed by atoms with Crippen LogP contribution in [-0.4, -0.2) is 57.9 Å². The molecule has 0 radical (unpaired) electrons. The molecule has 2 aromatic rings. The summed E-state index contributed by atoms with van der Waals surface area (Å²) in [5.74, 6) is -0.471. The molecular weight excluding hydrogens is 558 g/mol. The lowest BCUT2D eigenvalue weighted by Crippen LogP contribution is -2.36. The van der Waals surface area contributed by atoms with E-state index in [2.05, 4.69) is 30.5 Å². The minimum absolute atomic E-state index is 0.105. The van der Waals surface area contributed by atoms with Gasteiger partial charge in [0.15, 0.2) is 0 Å². The number of fused-ring (bicyclic) bond motifs is 1. The monoisotopic (exact) mass is 593 g/mol. The second-order valence-corrected chi connectivity index (χ2v) is 12.2. The van der Waals surface area contributed by atoms with Crippen molar-refractivity contribution in [3.63, 3.8) is 0 Å². The predicted octanol–water partition coefficient (Wildman–Crippen LogP) is 5.09. The van der Waals surface area contributed by atoms with Crippen LogP contribution >= 0.6 is 7.67 Å². The molecule has 1 saturated heterocycles. The highest BCUT2D eigenvalue weighted by molar-refractivity contribution is 7.55. The first-order chi connectivity index (χ1) is 19.4. The zero-order valence-electron chi connectivity index (χ0n) is 23.3. The Morgan fingerprint density at radius 2 is 2.20 bits per heavy atom. The van der Waals surface area contributed by atoms with Crippen molar-refractivity contribution in [1.82, 2.24) is 20.1 Å². The molecule has 1 aliphatic heterocycles. The predicted molar refractivity (Wildman–Crippen MR) is 154 cm³/mol. The summed E-state index contributed by atoms with van der Waals surface area (Å²) in [5, 5.41) is 17.5. The van der Waals surface area contributed by atoms with E-state index >= 15 is 4.39 Å². The first-order valence-corrected chi connectivity index (χ1v) is 14.9. The zero-order valence-corrected chi connectivity index (χ0v) is 24.2. The molecule has 4 rings (SSSR count). The number of amides is 2. The van der Waals surface area contributed by atoms with Crippen LogP contribution in [0.2, 0.25) is 0 Å². The molecule has 5 N–H and O–H groups in total. The van der Waals surface area contributed by atoms with Crippen molar-refractivity contribution >= 4 is 42.5 Å². The van der Waals surface area contributed by atoms with Gasteiger partial charge in [0, 0.05) is 53.3 Å². The first-order valence-electron chi connectivity index (χ1n) is 13.4. The molecule has 41 heavy (non-hydrogen) atoms. The van der Waals surface area contributed by atoms with Crippen LogP contribution in [0.5, 0.6) is 0 Å². The van der Waals surface area contributed by atoms with E-state index in [-0.39, 0.29) is 27.5 Å². The number of rotatable bonds is 12. The third-order valence-corrected chi connectivity index (χ3v) is 8.81. The number of nitrogens with one attached hydrogen (secondary N) is 3. The van der Waals surface area contributed by atoms with Gasteiger partial charge in [0.05, 0.1) is 28.8 Å². The Morgan fingerprint density at radius 3 is 2.78 bits per heavy atom. The minimum Gasteiger partial charge on any atom is -0.777 e. The normalized spacial score (nSPS) is 20.5. The number of aromatic nitrogens is 2. The van der Waals surface area contributed by atoms with E-state index in [0.29, 0.717) is 43.4 Å². The van der Waals surface area contributed by atoms with Gasteiger partial charge in [0.1, 0.15) is 5.82 Å². The Bertz CT molecular complexity index is 1400. The summed E-state index contributed by atoms with van der Waals surface area (Å²) in [6, 6.07) is -0.281. The number of carbonyl (C=O) groups excluding carboxylic acids is 1. The van der Waals surface area contributed by atoms with E-state index in [1.165, 1.54) is 32.3 Å². The molecule has 1 saturated carbocycles. The van der Waals surface area contributed by atoms with Crippen molar-refractivity contribution in [3.8, 4) is 0 Å². The number of aromatic amines is 1. The molecule has 2 unspecified atom stereocenters. The molecule has 2 heterocycles. The maximum atomic E-state index is 16.1. The number of hydrogen-bond donors (Lipinski definition) is 4. The number of urea groups is 1. The molecule has 2 aliphatic rings. The molecule has 16 heteroatoms. The van der Waals surface area contributed by atoms with E-state index in [1.807, 2.05) is 0 Å². The highest BCUT2D eigenvalue weighted by atomic mass is 31.2. The number of allylic oxidation sites excluding steroid dienone is 1. The van der Waals surface area contributed by atoms with Crippen LogP contribution in [0.1, 0.15) is 70.6 Å². The lowest BCUT2D eigenvalue weighted by molar-refractivity contribution is 0.0795. The maximum absolute atomic E-state index is 16.1. The van der Waals surface area contributed by atoms with Crippen molar-refractivity contribution in [3.05, 3.63) is 39.3 Å². The Balaban J connectivity index is 1.65. The third kappa shape index (κ3) is 6.65. The van der Waals surface area contributed by atoms with Gasteiger partial charge in [0.2, 0.25) is 5.95 Å². The molecule has 224 valence electrons. The van der Waals surface area contributed by atoms with Gasteiger partial charge in [-0.15, -0.1) is 4.91 Å². The van der Waals surface area contributed by atoms with E-state index in [0.717, 1.165) is 6.42 Å². The number of benzene rings is 1. The van der Waals surface area contributed by atoms with Crippen molar-refractivity contribution in [2.75, 3.05) is 18.5 Å². The number of hydrogen-bond acceptors (Lipinski definition) is 9. The number of aliphatic imine (C=N–C) groups is 1. The number of nitrogens with two attached hydrogens (primary N) is 1. The summed E-state index contributed by atoms with van der Waals surface area (Å²) in [7, 11) is -4.52. The van der Waals surface area contributed by atoms with E-state index in [1.54, 1.807) is 13.8 Å². The van der Waals surface area contributed by atoms with Gasteiger partial charge < -0.3 is 26.0 Å². The summed E-state index contributed by atoms with van der Waals surface area (Å²) in [5.41, 5.74) is 5.85. The number of nitroso groups, excluding NO2 is 1. The Morgan fingerprint density at radius 1 is 1.46 bits per heavy atom. The van der Waals surface area contributed by atoms with Gasteiger partial charge in [0.25, 0.3) is 0 Å². The number of halogens is 1. The van der Waals surface area contributed by atoms with Gasteiger partial charge >= 0.3 is 13.7 Å². The quantitative estimate of drug-likeness (QED) is 0.112. The largest absolute Gasteiger partial charge is 0.777 e. The standard InChI is InChI=1S/C25H35FN8O6P/c1-5-28-24(35)32-23-30-18-11-17(21(26)20(22(18)31-23)19-7-6-10-39-19)15(12-27)13-29-14(2)25(3,4)40-41(38,33-36)34(37)16-8-9-16/h11-14,16,19H,5-10,27H2,1-4H3,(H3,28,30,31,32,35)/q-1/b15-12+,29-13?/t14?,19-,41?/m1/s1. The zero-order chi connectivity index (χ0) is 29.9. The molecule has 1 aliphatic carbocycles. The summed E-state index contributed by atoms with van der Waals surface area (Å²) < 4.78 is 40.3. The van der Waals surface area contributed by atoms with Gasteiger partial charge in [-0.25, -0.2) is 18.7 Å². The second-order valence-electron chi connectivity index (χ2n) is 10.5. The van der Waals surface area contributed by atoms with Crippen LogP contribution in [0.25, 0.3) is 16.6 Å². The minimum atomic E-state index is -4.52. The number of nitrogens with zero attached hydrogens (tertiary/aromatic N) is 4. The molecule has 0 bridgehead atoms. The van der Waals surface area contributed by atoms with Crippen molar-refractivity contribution in [2.24, 2.45) is 15.7 Å². The van der Waals surface area contributed by atoms with Gasteiger partial charge in [-0.1, -0.05) is 0 Å². The molecule has 2 fully saturated rings. The third-order valence-electron chi connectivity index (χ3n) is 7.07. The van der Waals surface area contributed by atoms with Gasteiger partial charge in [-0.05, 0) is 59.4 Å². The molecule has 14 nitrogen and oxygen atoms in total. The molecule has 3 atom stereocenters. The molecular formula is C25H35FN8O6P-. The number of carbonyl (C=O) groups is 1. The van der Waals surface area contributed by atoms with Gasteiger partial charge in [-0.3, -0.25) is 19.7 Å². The van der Waals surface area contributed by atoms with Crippen molar-refractivity contribution < 1.29 is 23.0 Å². The molecule has 1 aromatic heterocycles. The Hall–Kier alpha value is -3.23. The smallest absolute Gasteiger partial charge is 0.415 e. The summed E-state index contributed by atoms with van der Waals surface area (Å²) >= 11 is 0. The Labute approximate surface area is 236 Å². The number of ether oxygens (including phenoxy) is 1. The van der Waals surface area contributed by atoms with E-state index < -0.39 is 43.3 Å². The van der Waals surface area contributed by atoms with Crippen LogP contribution in [0.3, 0.4) is 0 Å². The van der Waals surface area contributed by atoms with Gasteiger partial charge in [-0.2, -0.15) is 0 Å². The van der Waals surface area contributed by atoms with Crippen LogP contribution < -0.4 is 16.4 Å². The topological polar surface area (TPSA) is 199 Å². The SMILES string of the molecule is CCNC(=O)Nc1nc2c([C@H]3CCCO3)c(F)c(/C(C=NC(C)C(C)(C)OP(=O)(N=O)N([O-])C3CC3)=C/N)cc2[nH]1. The fourth-order valence-corrected chi connectivity index (χ4v) is 5.98. The highest BCUT2D eigenvalue weighted by Crippen LogP contribution is 2.59. The fourth-order valence-electron chi connectivity index (χ4n) is 4.39. The van der Waals surface area contributed by atoms with Crippen LogP contribution in [0.15, 0.2) is 22.2 Å². The van der Waals surface area contributed by atoms with Crippen LogP contribution in [0.4, 0.5) is 15.1 Å². The summed E-state index contributed by atoms with van der Waals surface area (Å²) in [6.07, 6.45) is 4.32. The Kier molecular flexibility index (Phi) is 9.24. The average molecular weight is 594 g/mol. The lowest BCUT2D eigenvalue weighted by atomic mass is 9.97. The number of imidazole rings is 1. The van der Waals surface area contributed by atoms with Crippen molar-refractivity contribution in [2.45, 2.75) is 77.2 Å². The first kappa shape index (κ1) is 30.7. The highest BCUT2D eigenvalue weighted by Gasteiger charge is 2.43. The number of H-pyrrole nitrogens is 1. The van der Waals surface area contributed by atoms with Crippen LogP contribution in [0, 0.1) is 15.9 Å². The van der Waals surface area contributed by atoms with E-state index in [4.69, 9.17) is 15.0 Å². The summed E-state index contributed by atoms with van der Waals surface area (Å²) in [6.45, 7) is 7.33. The van der Waals surface area contributed by atoms with E-state index in [9.17, 15) is 19.5 Å². The lowest BCUT2D eigenvalue weighted by Gasteiger charge is -2.37. The maximum Gasteiger partial charge on any atom is 0.415 e. The molecule has 2 amide bonds. The second kappa shape index (κ2) is 12.3. The number of anilines is 1. The van der Waals surface area contributed by atoms with Crippen molar-refractivity contribution in [1.29, 1.82) is 0 Å². The molecule has 1 aromatic carbocycles. The average Bonchev–Trinajstić information content (AvgIpc) is 3.49. The molecule has 0 spiro atoms. The summed E-state index contributed by atoms with van der Waals surface area (Å²) in [4.78, 5) is 37.9. The fraction of sp³-hybridized carbons (Fsp3) is 0.560.